The Labute approximate surface area is 240 Å². The number of carbonyl (C=O) groups excluding carboxylic acids is 1. The van der Waals surface area contributed by atoms with Gasteiger partial charge in [0.05, 0.1) is 25.0 Å². The summed E-state index contributed by atoms with van der Waals surface area (Å²) in [4.78, 5) is 36.0. The van der Waals surface area contributed by atoms with Crippen molar-refractivity contribution >= 4 is 22.9 Å². The van der Waals surface area contributed by atoms with Crippen LogP contribution in [0.4, 0.5) is 0 Å². The average molecular weight is 609 g/mol. The predicted molar refractivity (Wildman–Crippen MR) is 140 cm³/mol. The molecule has 1 aliphatic rings. The summed E-state index contributed by atoms with van der Waals surface area (Å²) in [6, 6.07) is 5.51. The van der Waals surface area contributed by atoms with E-state index in [0.717, 1.165) is 31.2 Å². The number of rotatable bonds is 9. The normalized spacial score (nSPS) is 23.4. The van der Waals surface area contributed by atoms with Gasteiger partial charge in [-0.2, -0.15) is 0 Å². The molecule has 0 saturated carbocycles. The average Bonchev–Trinajstić information content (AvgIpc) is 2.91. The molecule has 0 spiro atoms. The van der Waals surface area contributed by atoms with Crippen molar-refractivity contribution in [2.24, 2.45) is 0 Å². The Morgan fingerprint density at radius 2 is 1.67 bits per heavy atom. The van der Waals surface area contributed by atoms with E-state index in [2.05, 4.69) is 0 Å². The molecule has 1 saturated heterocycles. The number of carboxylic acids is 1. The summed E-state index contributed by atoms with van der Waals surface area (Å²) in [5, 5.41) is 90.0. The number of aliphatic hydroxyl groups is 4. The molecule has 0 unspecified atom stereocenters. The first-order chi connectivity index (χ1) is 20.1. The molecule has 9 N–H and O–H groups in total. The number of esters is 1. The summed E-state index contributed by atoms with van der Waals surface area (Å²) in [7, 11) is 0. The molecule has 16 nitrogen and oxygen atoms in total. The highest BCUT2D eigenvalue weighted by Crippen LogP contribution is 2.43. The zero-order valence-corrected chi connectivity index (χ0v) is 22.3. The molecule has 2 aromatic carbocycles. The van der Waals surface area contributed by atoms with Crippen molar-refractivity contribution in [2.45, 2.75) is 56.1 Å². The van der Waals surface area contributed by atoms with E-state index in [-0.39, 0.29) is 16.9 Å². The van der Waals surface area contributed by atoms with Crippen LogP contribution in [0, 0.1) is 0 Å². The molecule has 6 atom stereocenters. The van der Waals surface area contributed by atoms with Crippen LogP contribution in [0.5, 0.6) is 28.7 Å². The molecule has 0 aliphatic carbocycles. The summed E-state index contributed by atoms with van der Waals surface area (Å²) >= 11 is 0. The zero-order valence-electron chi connectivity index (χ0n) is 22.3. The number of carbonyl (C=O) groups is 2. The zero-order chi connectivity index (χ0) is 31.8. The van der Waals surface area contributed by atoms with Crippen molar-refractivity contribution in [3.05, 3.63) is 40.6 Å². The minimum absolute atomic E-state index is 0.111. The van der Waals surface area contributed by atoms with E-state index in [9.17, 15) is 55.2 Å². The number of aromatic hydroxyl groups is 4. The molecular weight excluding hydrogens is 580 g/mol. The molecule has 1 aromatic heterocycles. The van der Waals surface area contributed by atoms with E-state index < -0.39 is 107 Å². The van der Waals surface area contributed by atoms with Crippen LogP contribution in [0.3, 0.4) is 0 Å². The van der Waals surface area contributed by atoms with E-state index in [1.165, 1.54) is 6.07 Å². The second-order valence-corrected chi connectivity index (χ2v) is 10.1. The fourth-order valence-corrected chi connectivity index (χ4v) is 4.49. The number of ether oxygens (including phenoxy) is 3. The minimum Gasteiger partial charge on any atom is -0.504 e. The maximum Gasteiger partial charge on any atom is 0.309 e. The third-order valence-electron chi connectivity index (χ3n) is 6.58. The number of carboxylic acid groups (broad SMARTS) is 1. The molecule has 1 aliphatic heterocycles. The van der Waals surface area contributed by atoms with E-state index in [0.29, 0.717) is 0 Å². The smallest absolute Gasteiger partial charge is 0.309 e. The molecule has 3 aromatic rings. The van der Waals surface area contributed by atoms with Crippen LogP contribution in [0.2, 0.25) is 0 Å². The van der Waals surface area contributed by atoms with Crippen LogP contribution < -0.4 is 10.2 Å². The van der Waals surface area contributed by atoms with Gasteiger partial charge in [0.2, 0.25) is 12.0 Å². The number of benzene rings is 2. The second-order valence-electron chi connectivity index (χ2n) is 10.1. The lowest BCUT2D eigenvalue weighted by Crippen LogP contribution is -2.61. The van der Waals surface area contributed by atoms with Gasteiger partial charge in [0, 0.05) is 17.7 Å². The minimum atomic E-state index is -2.00. The van der Waals surface area contributed by atoms with Crippen LogP contribution in [-0.4, -0.2) is 101 Å². The SMILES string of the molecule is C[C@](O)(CC(=O)O)CC(=O)O[C@H]1[C@H](O)[C@@H](O)[C@H](Oc2cc3oc(-c4ccc(O)c(O)c4)cc(=O)c3c(O)c2O)O[C@H]1CO. The van der Waals surface area contributed by atoms with Gasteiger partial charge in [-0.3, -0.25) is 14.4 Å². The number of hydrogen-bond donors (Lipinski definition) is 9. The first-order valence-corrected chi connectivity index (χ1v) is 12.6. The molecule has 1 fully saturated rings. The first kappa shape index (κ1) is 31.3. The molecule has 232 valence electrons. The highest BCUT2D eigenvalue weighted by Gasteiger charge is 2.48. The van der Waals surface area contributed by atoms with Crippen molar-refractivity contribution in [3.8, 4) is 40.1 Å². The van der Waals surface area contributed by atoms with Gasteiger partial charge in [0.15, 0.2) is 34.5 Å². The van der Waals surface area contributed by atoms with Crippen LogP contribution >= 0.6 is 0 Å². The van der Waals surface area contributed by atoms with Crippen molar-refractivity contribution in [2.75, 3.05) is 6.61 Å². The van der Waals surface area contributed by atoms with Crippen molar-refractivity contribution in [1.82, 2.24) is 0 Å². The third-order valence-corrected chi connectivity index (χ3v) is 6.58. The molecule has 43 heavy (non-hydrogen) atoms. The first-order valence-electron chi connectivity index (χ1n) is 12.6. The van der Waals surface area contributed by atoms with Gasteiger partial charge < -0.3 is 64.6 Å². The van der Waals surface area contributed by atoms with Gasteiger partial charge in [-0.1, -0.05) is 0 Å². The van der Waals surface area contributed by atoms with Gasteiger partial charge in [-0.15, -0.1) is 0 Å². The van der Waals surface area contributed by atoms with E-state index in [1.54, 1.807) is 0 Å². The molecule has 0 bridgehead atoms. The number of aliphatic hydroxyl groups excluding tert-OH is 3. The predicted octanol–water partition coefficient (Wildman–Crippen LogP) is -0.372. The number of hydrogen-bond acceptors (Lipinski definition) is 15. The topological polar surface area (TPSA) is 274 Å². The van der Waals surface area contributed by atoms with Crippen molar-refractivity contribution in [1.29, 1.82) is 0 Å². The number of phenolic OH excluding ortho intramolecular Hbond substituents is 4. The molecule has 0 radical (unpaired) electrons. The van der Waals surface area contributed by atoms with Gasteiger partial charge in [0.1, 0.15) is 35.0 Å². The number of aliphatic carboxylic acids is 1. The Morgan fingerprint density at radius 3 is 2.30 bits per heavy atom. The maximum absolute atomic E-state index is 12.7. The van der Waals surface area contributed by atoms with E-state index >= 15 is 0 Å². The van der Waals surface area contributed by atoms with Crippen LogP contribution in [0.1, 0.15) is 19.8 Å². The summed E-state index contributed by atoms with van der Waals surface area (Å²) in [6.07, 6.45) is -10.7. The van der Waals surface area contributed by atoms with Crippen molar-refractivity contribution in [3.63, 3.8) is 0 Å². The van der Waals surface area contributed by atoms with Crippen molar-refractivity contribution < 1.29 is 74.2 Å². The Hall–Kier alpha value is -4.61. The van der Waals surface area contributed by atoms with Gasteiger partial charge >= 0.3 is 11.9 Å². The van der Waals surface area contributed by atoms with E-state index in [1.807, 2.05) is 0 Å². The largest absolute Gasteiger partial charge is 0.504 e. The lowest BCUT2D eigenvalue weighted by molar-refractivity contribution is -0.282. The summed E-state index contributed by atoms with van der Waals surface area (Å²) < 4.78 is 21.6. The lowest BCUT2D eigenvalue weighted by Gasteiger charge is -2.41. The Morgan fingerprint density at radius 1 is 0.977 bits per heavy atom. The molecular formula is C27H28O16. The monoisotopic (exact) mass is 608 g/mol. The van der Waals surface area contributed by atoms with Gasteiger partial charge in [-0.25, -0.2) is 0 Å². The highest BCUT2D eigenvalue weighted by molar-refractivity contribution is 5.89. The summed E-state index contributed by atoms with van der Waals surface area (Å²) in [6.45, 7) is 0.184. The van der Waals surface area contributed by atoms with Crippen LogP contribution in [-0.2, 0) is 19.1 Å². The quantitative estimate of drug-likeness (QED) is 0.111. The Balaban J connectivity index is 1.59. The fraction of sp³-hybridized carbons (Fsp3) is 0.370. The highest BCUT2D eigenvalue weighted by atomic mass is 16.7. The van der Waals surface area contributed by atoms with Gasteiger partial charge in [0.25, 0.3) is 0 Å². The Bertz CT molecular complexity index is 1590. The molecule has 4 rings (SSSR count). The van der Waals surface area contributed by atoms with E-state index in [4.69, 9.17) is 23.7 Å². The fourth-order valence-electron chi connectivity index (χ4n) is 4.49. The second kappa shape index (κ2) is 11.9. The number of phenols is 4. The molecule has 2 heterocycles. The molecule has 0 amide bonds. The third kappa shape index (κ3) is 6.58. The number of fused-ring (bicyclic) bond motifs is 1. The molecule has 16 heteroatoms. The summed E-state index contributed by atoms with van der Waals surface area (Å²) in [5.74, 6) is -6.16. The standard InChI is InChI=1S/C27H28O16/c1-27(39,7-18(32)33)8-19(34)43-25-17(9-28)42-26(24(38)23(25)37)41-16-6-15-20(22(36)21(16)35)13(31)5-14(40-15)10-2-3-11(29)12(30)4-10/h2-6,17,23-26,28-30,35-39H,7-9H2,1H3,(H,32,33)/t17-,23+,24+,25+,26+,27-/m0/s1. The van der Waals surface area contributed by atoms with Crippen LogP contribution in [0.15, 0.2) is 39.5 Å². The Kier molecular flexibility index (Phi) is 8.70. The van der Waals surface area contributed by atoms with Crippen LogP contribution in [0.25, 0.3) is 22.3 Å². The summed E-state index contributed by atoms with van der Waals surface area (Å²) in [5.41, 5.74) is -2.98. The lowest BCUT2D eigenvalue weighted by atomic mass is 9.97. The van der Waals surface area contributed by atoms with Gasteiger partial charge in [-0.05, 0) is 25.1 Å². The maximum atomic E-state index is 12.7.